The molecule has 116 valence electrons. The molecule has 2 rings (SSSR count). The molecule has 0 saturated heterocycles. The summed E-state index contributed by atoms with van der Waals surface area (Å²) in [6, 6.07) is 8.02. The summed E-state index contributed by atoms with van der Waals surface area (Å²) in [6.07, 6.45) is 4.43. The fraction of sp³-hybridized carbons (Fsp3) is 0.588. The molecule has 1 aliphatic heterocycles. The van der Waals surface area contributed by atoms with Gasteiger partial charge in [0.1, 0.15) is 5.75 Å². The molecule has 0 spiro atoms. The summed E-state index contributed by atoms with van der Waals surface area (Å²) in [6.45, 7) is 3.52. The molecule has 1 heterocycles. The zero-order valence-electron chi connectivity index (χ0n) is 12.8. The van der Waals surface area contributed by atoms with Gasteiger partial charge in [-0.1, -0.05) is 31.5 Å². The fourth-order valence-corrected chi connectivity index (χ4v) is 2.88. The number of hydrogen-bond donors (Lipinski definition) is 2. The number of para-hydroxylation sites is 1. The van der Waals surface area contributed by atoms with Crippen molar-refractivity contribution in [2.45, 2.75) is 45.1 Å². The Labute approximate surface area is 127 Å². The highest BCUT2D eigenvalue weighted by atomic mass is 16.5. The second kappa shape index (κ2) is 8.03. The monoisotopic (exact) mass is 290 g/mol. The van der Waals surface area contributed by atoms with Crippen LogP contribution in [-0.4, -0.2) is 19.1 Å². The molecule has 0 aliphatic carbocycles. The van der Waals surface area contributed by atoms with Crippen molar-refractivity contribution in [2.24, 2.45) is 11.7 Å². The number of carbonyl (C=O) groups excluding carboxylic acids is 1. The lowest BCUT2D eigenvalue weighted by atomic mass is 9.96. The summed E-state index contributed by atoms with van der Waals surface area (Å²) >= 11 is 0. The maximum Gasteiger partial charge on any atom is 0.220 e. The quantitative estimate of drug-likeness (QED) is 0.811. The van der Waals surface area contributed by atoms with Gasteiger partial charge in [0.15, 0.2) is 0 Å². The normalized spacial score (nSPS) is 18.5. The number of nitrogens with one attached hydrogen (secondary N) is 1. The van der Waals surface area contributed by atoms with E-state index >= 15 is 0 Å². The Morgan fingerprint density at radius 1 is 1.43 bits per heavy atom. The van der Waals surface area contributed by atoms with Crippen LogP contribution in [0.3, 0.4) is 0 Å². The van der Waals surface area contributed by atoms with Crippen LogP contribution in [0.15, 0.2) is 24.3 Å². The summed E-state index contributed by atoms with van der Waals surface area (Å²) < 4.78 is 5.62. The third kappa shape index (κ3) is 4.46. The number of amides is 1. The second-order valence-corrected chi connectivity index (χ2v) is 5.69. The van der Waals surface area contributed by atoms with Crippen molar-refractivity contribution in [1.29, 1.82) is 0 Å². The van der Waals surface area contributed by atoms with Gasteiger partial charge in [0, 0.05) is 18.4 Å². The highest BCUT2D eigenvalue weighted by Gasteiger charge is 2.22. The van der Waals surface area contributed by atoms with E-state index in [2.05, 4.69) is 12.2 Å². The van der Waals surface area contributed by atoms with E-state index in [9.17, 15) is 4.79 Å². The van der Waals surface area contributed by atoms with Gasteiger partial charge >= 0.3 is 0 Å². The van der Waals surface area contributed by atoms with Crippen LogP contribution < -0.4 is 15.8 Å². The highest BCUT2D eigenvalue weighted by Crippen LogP contribution is 2.31. The van der Waals surface area contributed by atoms with Crippen LogP contribution in [0.5, 0.6) is 5.75 Å². The molecule has 3 N–H and O–H groups in total. The lowest BCUT2D eigenvalue weighted by Gasteiger charge is -2.26. The lowest BCUT2D eigenvalue weighted by molar-refractivity contribution is -0.122. The third-order valence-electron chi connectivity index (χ3n) is 4.23. The van der Waals surface area contributed by atoms with Crippen molar-refractivity contribution >= 4 is 5.91 Å². The number of benzene rings is 1. The maximum absolute atomic E-state index is 12.2. The van der Waals surface area contributed by atoms with E-state index in [0.29, 0.717) is 25.5 Å². The molecule has 0 fully saturated rings. The molecule has 0 saturated carbocycles. The molecule has 0 aromatic heterocycles. The van der Waals surface area contributed by atoms with Gasteiger partial charge in [0.25, 0.3) is 0 Å². The Morgan fingerprint density at radius 3 is 3.00 bits per heavy atom. The fourth-order valence-electron chi connectivity index (χ4n) is 2.88. The van der Waals surface area contributed by atoms with Gasteiger partial charge in [-0.25, -0.2) is 0 Å². The van der Waals surface area contributed by atoms with Crippen LogP contribution in [-0.2, 0) is 4.79 Å². The van der Waals surface area contributed by atoms with Gasteiger partial charge in [-0.05, 0) is 31.4 Å². The second-order valence-electron chi connectivity index (χ2n) is 5.69. The molecule has 1 aromatic rings. The number of carbonyl (C=O) groups is 1. The van der Waals surface area contributed by atoms with Gasteiger partial charge in [-0.2, -0.15) is 0 Å². The molecule has 0 bridgehead atoms. The summed E-state index contributed by atoms with van der Waals surface area (Å²) in [5.74, 6) is 1.58. The molecule has 4 heteroatoms. The first-order valence-corrected chi connectivity index (χ1v) is 7.95. The van der Waals surface area contributed by atoms with Crippen LogP contribution in [0.2, 0.25) is 0 Å². The summed E-state index contributed by atoms with van der Waals surface area (Å²) in [5, 5.41) is 3.15. The van der Waals surface area contributed by atoms with Gasteiger partial charge in [-0.3, -0.25) is 4.79 Å². The van der Waals surface area contributed by atoms with E-state index in [0.717, 1.165) is 37.0 Å². The molecule has 1 amide bonds. The predicted octanol–water partition coefficient (Wildman–Crippen LogP) is 2.78. The topological polar surface area (TPSA) is 64.4 Å². The Balaban J connectivity index is 1.86. The van der Waals surface area contributed by atoms with Gasteiger partial charge in [-0.15, -0.1) is 0 Å². The Morgan fingerprint density at radius 2 is 2.24 bits per heavy atom. The molecule has 1 aromatic carbocycles. The van der Waals surface area contributed by atoms with E-state index < -0.39 is 0 Å². The Kier molecular flexibility index (Phi) is 6.05. The average Bonchev–Trinajstić information content (AvgIpc) is 2.52. The molecule has 4 nitrogen and oxygen atoms in total. The van der Waals surface area contributed by atoms with E-state index in [1.807, 2.05) is 24.3 Å². The van der Waals surface area contributed by atoms with Gasteiger partial charge in [0.05, 0.1) is 12.6 Å². The van der Waals surface area contributed by atoms with Crippen molar-refractivity contribution in [2.75, 3.05) is 13.2 Å². The maximum atomic E-state index is 12.2. The van der Waals surface area contributed by atoms with Crippen LogP contribution in [0, 0.1) is 5.92 Å². The molecule has 2 unspecified atom stereocenters. The van der Waals surface area contributed by atoms with Crippen LogP contribution in [0.4, 0.5) is 0 Å². The zero-order valence-corrected chi connectivity index (χ0v) is 12.8. The SMILES string of the molecule is CCC(CCN)CCC(=O)NC1CCOc2ccccc21. The molecule has 0 radical (unpaired) electrons. The first kappa shape index (κ1) is 15.8. The van der Waals surface area contributed by atoms with Crippen LogP contribution in [0.25, 0.3) is 0 Å². The zero-order chi connectivity index (χ0) is 15.1. The molecular formula is C17H26N2O2. The van der Waals surface area contributed by atoms with Crippen LogP contribution >= 0.6 is 0 Å². The van der Waals surface area contributed by atoms with Crippen LogP contribution in [0.1, 0.15) is 50.6 Å². The minimum atomic E-state index is 0.0806. The van der Waals surface area contributed by atoms with E-state index in [-0.39, 0.29) is 11.9 Å². The molecule has 1 aliphatic rings. The summed E-state index contributed by atoms with van der Waals surface area (Å²) in [4.78, 5) is 12.2. The number of hydrogen-bond acceptors (Lipinski definition) is 3. The van der Waals surface area contributed by atoms with Crippen molar-refractivity contribution in [3.63, 3.8) is 0 Å². The Hall–Kier alpha value is -1.55. The first-order valence-electron chi connectivity index (χ1n) is 7.95. The number of ether oxygens (including phenoxy) is 1. The average molecular weight is 290 g/mol. The lowest BCUT2D eigenvalue weighted by Crippen LogP contribution is -2.32. The van der Waals surface area contributed by atoms with Gasteiger partial charge in [0.2, 0.25) is 5.91 Å². The number of nitrogens with two attached hydrogens (primary N) is 1. The predicted molar refractivity (Wildman–Crippen MR) is 84.1 cm³/mol. The summed E-state index contributed by atoms with van der Waals surface area (Å²) in [5.41, 5.74) is 6.69. The summed E-state index contributed by atoms with van der Waals surface area (Å²) in [7, 11) is 0. The largest absolute Gasteiger partial charge is 0.493 e. The molecule has 21 heavy (non-hydrogen) atoms. The molecular weight excluding hydrogens is 264 g/mol. The Bertz CT molecular complexity index is 462. The third-order valence-corrected chi connectivity index (χ3v) is 4.23. The number of rotatable bonds is 7. The van der Waals surface area contributed by atoms with Crippen molar-refractivity contribution in [3.05, 3.63) is 29.8 Å². The minimum absolute atomic E-state index is 0.0806. The number of fused-ring (bicyclic) bond motifs is 1. The van der Waals surface area contributed by atoms with Crippen molar-refractivity contribution < 1.29 is 9.53 Å². The van der Waals surface area contributed by atoms with Crippen molar-refractivity contribution in [3.8, 4) is 5.75 Å². The first-order chi connectivity index (χ1) is 10.2. The van der Waals surface area contributed by atoms with Crippen molar-refractivity contribution in [1.82, 2.24) is 5.32 Å². The minimum Gasteiger partial charge on any atom is -0.493 e. The van der Waals surface area contributed by atoms with E-state index in [4.69, 9.17) is 10.5 Å². The van der Waals surface area contributed by atoms with Gasteiger partial charge < -0.3 is 15.8 Å². The highest BCUT2D eigenvalue weighted by molar-refractivity contribution is 5.76. The smallest absolute Gasteiger partial charge is 0.220 e. The standard InChI is InChI=1S/C17H26N2O2/c1-2-13(9-11-18)7-8-17(20)19-15-10-12-21-16-6-4-3-5-14(15)16/h3-6,13,15H,2,7-12,18H2,1H3,(H,19,20). The molecule has 2 atom stereocenters. The van der Waals surface area contributed by atoms with E-state index in [1.54, 1.807) is 0 Å². The van der Waals surface area contributed by atoms with E-state index in [1.165, 1.54) is 0 Å².